The lowest BCUT2D eigenvalue weighted by molar-refractivity contribution is 0.252. The molecule has 21 heavy (non-hydrogen) atoms. The molecule has 0 unspecified atom stereocenters. The summed E-state index contributed by atoms with van der Waals surface area (Å²) in [4.78, 5) is 11.8. The molecule has 2 aromatic rings. The lowest BCUT2D eigenvalue weighted by Crippen LogP contribution is -2.30. The molecule has 0 spiro atoms. The molecule has 0 saturated heterocycles. The van der Waals surface area contributed by atoms with Crippen LogP contribution in [-0.4, -0.2) is 22.4 Å². The zero-order valence-electron chi connectivity index (χ0n) is 12.4. The third-order valence-electron chi connectivity index (χ3n) is 3.40. The Morgan fingerprint density at radius 2 is 2.14 bits per heavy atom. The molecule has 2 N–H and O–H groups in total. The third kappa shape index (κ3) is 3.98. The molecule has 0 aliphatic heterocycles. The highest BCUT2D eigenvalue weighted by molar-refractivity contribution is 6.30. The van der Waals surface area contributed by atoms with Gasteiger partial charge in [-0.25, -0.2) is 4.79 Å². The first-order valence-electron chi connectivity index (χ1n) is 6.77. The van der Waals surface area contributed by atoms with E-state index in [0.29, 0.717) is 17.3 Å². The van der Waals surface area contributed by atoms with Gasteiger partial charge in [0.15, 0.2) is 0 Å². The lowest BCUT2D eigenvalue weighted by atomic mass is 10.1. The fourth-order valence-electron chi connectivity index (χ4n) is 2.22. The lowest BCUT2D eigenvalue weighted by Gasteiger charge is -2.08. The molecule has 0 atom stereocenters. The van der Waals surface area contributed by atoms with E-state index in [9.17, 15) is 4.79 Å². The second-order valence-electron chi connectivity index (χ2n) is 4.91. The highest BCUT2D eigenvalue weighted by Gasteiger charge is 2.09. The van der Waals surface area contributed by atoms with Crippen molar-refractivity contribution in [3.8, 4) is 0 Å². The molecule has 1 aromatic carbocycles. The van der Waals surface area contributed by atoms with Crippen LogP contribution in [0.25, 0.3) is 0 Å². The Kier molecular flexibility index (Phi) is 4.85. The zero-order chi connectivity index (χ0) is 15.4. The monoisotopic (exact) mass is 306 g/mol. The van der Waals surface area contributed by atoms with Crippen LogP contribution in [0.3, 0.4) is 0 Å². The number of nitrogens with zero attached hydrogens (tertiary/aromatic N) is 2. The molecule has 0 radical (unpaired) electrons. The van der Waals surface area contributed by atoms with Crippen LogP contribution in [0, 0.1) is 13.8 Å². The summed E-state index contributed by atoms with van der Waals surface area (Å²) in [6.07, 6.45) is 0.758. The van der Waals surface area contributed by atoms with Gasteiger partial charge in [0, 0.05) is 30.0 Å². The van der Waals surface area contributed by atoms with Gasteiger partial charge in [-0.1, -0.05) is 17.7 Å². The Morgan fingerprint density at radius 3 is 2.76 bits per heavy atom. The van der Waals surface area contributed by atoms with Crippen molar-refractivity contribution in [2.24, 2.45) is 7.05 Å². The van der Waals surface area contributed by atoms with Gasteiger partial charge >= 0.3 is 6.03 Å². The molecular weight excluding hydrogens is 288 g/mol. The Labute approximate surface area is 129 Å². The van der Waals surface area contributed by atoms with E-state index in [1.165, 1.54) is 5.56 Å². The molecule has 0 fully saturated rings. The predicted octanol–water partition coefficient (Wildman–Crippen LogP) is 3.05. The standard InChI is InChI=1S/C15H19ClN4O/c1-10-14(11(2)20(3)19-10)7-8-17-15(21)18-13-6-4-5-12(16)9-13/h4-6,9H,7-8H2,1-3H3,(H2,17,18,21). The van der Waals surface area contributed by atoms with Crippen LogP contribution >= 0.6 is 11.6 Å². The molecule has 0 bridgehead atoms. The van der Waals surface area contributed by atoms with Crippen molar-refractivity contribution in [1.29, 1.82) is 0 Å². The van der Waals surface area contributed by atoms with Crippen molar-refractivity contribution in [2.45, 2.75) is 20.3 Å². The van der Waals surface area contributed by atoms with Gasteiger partial charge in [0.25, 0.3) is 0 Å². The minimum atomic E-state index is -0.239. The van der Waals surface area contributed by atoms with Gasteiger partial charge < -0.3 is 10.6 Å². The van der Waals surface area contributed by atoms with Crippen molar-refractivity contribution in [3.05, 3.63) is 46.2 Å². The summed E-state index contributed by atoms with van der Waals surface area (Å²) in [5.74, 6) is 0. The minimum Gasteiger partial charge on any atom is -0.338 e. The van der Waals surface area contributed by atoms with Gasteiger partial charge in [-0.2, -0.15) is 5.10 Å². The smallest absolute Gasteiger partial charge is 0.319 e. The number of carbonyl (C=O) groups is 1. The van der Waals surface area contributed by atoms with E-state index in [-0.39, 0.29) is 6.03 Å². The average Bonchev–Trinajstić information content (AvgIpc) is 2.65. The number of aromatic nitrogens is 2. The molecule has 1 aromatic heterocycles. The predicted molar refractivity (Wildman–Crippen MR) is 84.9 cm³/mol. The summed E-state index contributed by atoms with van der Waals surface area (Å²) in [5.41, 5.74) is 3.99. The van der Waals surface area contributed by atoms with Crippen LogP contribution in [0.5, 0.6) is 0 Å². The highest BCUT2D eigenvalue weighted by atomic mass is 35.5. The molecule has 5 nitrogen and oxygen atoms in total. The summed E-state index contributed by atoms with van der Waals surface area (Å²) in [6.45, 7) is 4.56. The van der Waals surface area contributed by atoms with E-state index in [0.717, 1.165) is 17.8 Å². The van der Waals surface area contributed by atoms with Crippen molar-refractivity contribution >= 4 is 23.3 Å². The Bertz CT molecular complexity index is 651. The van der Waals surface area contributed by atoms with Gasteiger partial charge in [0.2, 0.25) is 0 Å². The first-order chi connectivity index (χ1) is 9.97. The van der Waals surface area contributed by atoms with Crippen LogP contribution in [-0.2, 0) is 13.5 Å². The summed E-state index contributed by atoms with van der Waals surface area (Å²) in [6, 6.07) is 6.81. The minimum absolute atomic E-state index is 0.239. The van der Waals surface area contributed by atoms with Crippen molar-refractivity contribution in [2.75, 3.05) is 11.9 Å². The second kappa shape index (κ2) is 6.63. The Hall–Kier alpha value is -2.01. The number of hydrogen-bond donors (Lipinski definition) is 2. The van der Waals surface area contributed by atoms with E-state index >= 15 is 0 Å². The fourth-order valence-corrected chi connectivity index (χ4v) is 2.41. The van der Waals surface area contributed by atoms with Gasteiger partial charge in [-0.05, 0) is 44.0 Å². The second-order valence-corrected chi connectivity index (χ2v) is 5.35. The maximum atomic E-state index is 11.8. The summed E-state index contributed by atoms with van der Waals surface area (Å²) < 4.78 is 1.86. The van der Waals surface area contributed by atoms with E-state index in [1.807, 2.05) is 25.6 Å². The van der Waals surface area contributed by atoms with E-state index < -0.39 is 0 Å². The number of hydrogen-bond acceptors (Lipinski definition) is 2. The molecular formula is C15H19ClN4O. The van der Waals surface area contributed by atoms with Crippen LogP contribution < -0.4 is 10.6 Å². The van der Waals surface area contributed by atoms with Crippen LogP contribution in [0.2, 0.25) is 5.02 Å². The zero-order valence-corrected chi connectivity index (χ0v) is 13.2. The van der Waals surface area contributed by atoms with Crippen molar-refractivity contribution in [3.63, 3.8) is 0 Å². The summed E-state index contributed by atoms with van der Waals surface area (Å²) in [7, 11) is 1.92. The van der Waals surface area contributed by atoms with Crippen molar-refractivity contribution in [1.82, 2.24) is 15.1 Å². The molecule has 0 aliphatic carbocycles. The molecule has 1 heterocycles. The Balaban J connectivity index is 1.84. The molecule has 0 saturated carbocycles. The number of halogens is 1. The molecule has 0 aliphatic rings. The number of amides is 2. The summed E-state index contributed by atoms with van der Waals surface area (Å²) in [5, 5.41) is 10.5. The number of carbonyl (C=O) groups excluding carboxylic acids is 1. The van der Waals surface area contributed by atoms with Gasteiger partial charge in [-0.3, -0.25) is 4.68 Å². The van der Waals surface area contributed by atoms with Crippen LogP contribution in [0.15, 0.2) is 24.3 Å². The quantitative estimate of drug-likeness (QED) is 0.912. The van der Waals surface area contributed by atoms with E-state index in [4.69, 9.17) is 11.6 Å². The normalized spacial score (nSPS) is 10.5. The molecule has 112 valence electrons. The number of nitrogens with one attached hydrogen (secondary N) is 2. The van der Waals surface area contributed by atoms with E-state index in [1.54, 1.807) is 24.3 Å². The maximum Gasteiger partial charge on any atom is 0.319 e. The summed E-state index contributed by atoms with van der Waals surface area (Å²) >= 11 is 5.87. The topological polar surface area (TPSA) is 59.0 Å². The largest absolute Gasteiger partial charge is 0.338 e. The molecule has 2 rings (SSSR count). The van der Waals surface area contributed by atoms with E-state index in [2.05, 4.69) is 15.7 Å². The van der Waals surface area contributed by atoms with Crippen LogP contribution in [0.1, 0.15) is 17.0 Å². The van der Waals surface area contributed by atoms with Gasteiger partial charge in [-0.15, -0.1) is 0 Å². The third-order valence-corrected chi connectivity index (χ3v) is 3.64. The first kappa shape index (κ1) is 15.4. The fraction of sp³-hybridized carbons (Fsp3) is 0.333. The molecule has 6 heteroatoms. The Morgan fingerprint density at radius 1 is 1.38 bits per heavy atom. The number of benzene rings is 1. The van der Waals surface area contributed by atoms with Crippen LogP contribution in [0.4, 0.5) is 10.5 Å². The number of urea groups is 1. The van der Waals surface area contributed by atoms with Gasteiger partial charge in [0.1, 0.15) is 0 Å². The SMILES string of the molecule is Cc1nn(C)c(C)c1CCNC(=O)Nc1cccc(Cl)c1. The van der Waals surface area contributed by atoms with Crippen molar-refractivity contribution < 1.29 is 4.79 Å². The van der Waals surface area contributed by atoms with Gasteiger partial charge in [0.05, 0.1) is 5.69 Å². The highest BCUT2D eigenvalue weighted by Crippen LogP contribution is 2.15. The maximum absolute atomic E-state index is 11.8. The number of anilines is 1. The first-order valence-corrected chi connectivity index (χ1v) is 7.14. The average molecular weight is 307 g/mol. The molecule has 2 amide bonds. The number of rotatable bonds is 4. The number of aryl methyl sites for hydroxylation is 2.